The van der Waals surface area contributed by atoms with Crippen LogP contribution in [0.2, 0.25) is 0 Å². The lowest BCUT2D eigenvalue weighted by atomic mass is 10.1. The Morgan fingerprint density at radius 3 is 1.66 bits per heavy atom. The van der Waals surface area contributed by atoms with Crippen molar-refractivity contribution in [2.75, 3.05) is 0 Å². The number of hydrogen-bond acceptors (Lipinski definition) is 4. The van der Waals surface area contributed by atoms with Gasteiger partial charge in [-0.1, -0.05) is 74.5 Å². The van der Waals surface area contributed by atoms with Crippen molar-refractivity contribution in [1.29, 1.82) is 0 Å². The zero-order valence-electron chi connectivity index (χ0n) is 20.6. The molecule has 2 aromatic rings. The Morgan fingerprint density at radius 2 is 1.28 bits per heavy atom. The summed E-state index contributed by atoms with van der Waals surface area (Å²) in [5.74, 6) is 0.0383. The number of carbonyl (C=O) groups excluding carboxylic acids is 2. The molecule has 0 aliphatic carbocycles. The van der Waals surface area contributed by atoms with E-state index in [0.717, 1.165) is 18.4 Å². The van der Waals surface area contributed by atoms with E-state index in [1.54, 1.807) is 0 Å². The molecule has 32 heavy (non-hydrogen) atoms. The third kappa shape index (κ3) is 15.2. The summed E-state index contributed by atoms with van der Waals surface area (Å²) in [5, 5.41) is 2.96. The van der Waals surface area contributed by atoms with Crippen molar-refractivity contribution >= 4 is 11.9 Å². The van der Waals surface area contributed by atoms with E-state index < -0.39 is 0 Å². The highest BCUT2D eigenvalue weighted by Gasteiger charge is 2.07. The number of esters is 1. The average molecular weight is 443 g/mol. The summed E-state index contributed by atoms with van der Waals surface area (Å²) in [6, 6.07) is 20.3. The van der Waals surface area contributed by atoms with E-state index in [1.165, 1.54) is 5.56 Å². The zero-order valence-corrected chi connectivity index (χ0v) is 20.6. The van der Waals surface area contributed by atoms with Crippen molar-refractivity contribution in [2.45, 2.75) is 85.4 Å². The van der Waals surface area contributed by atoms with Gasteiger partial charge >= 0.3 is 5.97 Å². The lowest BCUT2D eigenvalue weighted by molar-refractivity contribution is -0.147. The van der Waals surface area contributed by atoms with Crippen LogP contribution < -0.4 is 11.1 Å². The van der Waals surface area contributed by atoms with Crippen LogP contribution in [0.3, 0.4) is 0 Å². The van der Waals surface area contributed by atoms with Crippen LogP contribution in [-0.2, 0) is 14.3 Å². The lowest BCUT2D eigenvalue weighted by Crippen LogP contribution is -2.25. The number of nitrogens with two attached hydrogens (primary N) is 1. The first-order valence-corrected chi connectivity index (χ1v) is 11.5. The second-order valence-corrected chi connectivity index (χ2v) is 7.94. The molecule has 0 spiro atoms. The molecule has 0 fully saturated rings. The Labute approximate surface area is 194 Å². The van der Waals surface area contributed by atoms with Crippen LogP contribution in [0.15, 0.2) is 60.7 Å². The number of nitrogens with one attached hydrogen (secondary N) is 1. The molecule has 5 heteroatoms. The van der Waals surface area contributed by atoms with Gasteiger partial charge in [0, 0.05) is 18.9 Å². The fourth-order valence-electron chi connectivity index (χ4n) is 2.65. The number of rotatable bonds is 8. The second-order valence-electron chi connectivity index (χ2n) is 7.94. The standard InChI is InChI=1S/C12H17NO.C8H11N.C7H14O2/c1-3-7-12(14)13-10(2)11-8-5-4-6-9-11;1-7(9)8-5-3-2-4-6-8;1-4-5-7(8)9-6(2)3/h4-6,8-10H,3,7H2,1-2H3,(H,13,14);2-7H,9H2,1H3;6H,4-5H2,1-3H3/t10-;;/m1../s1. The van der Waals surface area contributed by atoms with E-state index in [2.05, 4.69) is 5.32 Å². The summed E-state index contributed by atoms with van der Waals surface area (Å²) in [4.78, 5) is 21.9. The van der Waals surface area contributed by atoms with Crippen LogP contribution in [0, 0.1) is 0 Å². The van der Waals surface area contributed by atoms with Gasteiger partial charge < -0.3 is 15.8 Å². The summed E-state index contributed by atoms with van der Waals surface area (Å²) in [5.41, 5.74) is 7.96. The second kappa shape index (κ2) is 18.0. The average Bonchev–Trinajstić information content (AvgIpc) is 2.75. The molecular weight excluding hydrogens is 400 g/mol. The van der Waals surface area contributed by atoms with E-state index in [1.807, 2.05) is 102 Å². The molecule has 0 aliphatic rings. The predicted molar refractivity (Wildman–Crippen MR) is 133 cm³/mol. The van der Waals surface area contributed by atoms with Crippen LogP contribution in [0.25, 0.3) is 0 Å². The van der Waals surface area contributed by atoms with Gasteiger partial charge in [0.25, 0.3) is 0 Å². The molecule has 0 aromatic heterocycles. The van der Waals surface area contributed by atoms with E-state index in [4.69, 9.17) is 10.5 Å². The van der Waals surface area contributed by atoms with Crippen LogP contribution in [-0.4, -0.2) is 18.0 Å². The van der Waals surface area contributed by atoms with Gasteiger partial charge in [0.1, 0.15) is 0 Å². The van der Waals surface area contributed by atoms with E-state index >= 15 is 0 Å². The maximum atomic E-state index is 11.3. The fraction of sp³-hybridized carbons (Fsp3) is 0.481. The highest BCUT2D eigenvalue weighted by molar-refractivity contribution is 5.76. The molecule has 0 radical (unpaired) electrons. The quantitative estimate of drug-likeness (QED) is 0.483. The van der Waals surface area contributed by atoms with Gasteiger partial charge in [-0.2, -0.15) is 0 Å². The fourth-order valence-corrected chi connectivity index (χ4v) is 2.65. The first-order chi connectivity index (χ1) is 15.2. The molecule has 3 N–H and O–H groups in total. The number of benzene rings is 2. The van der Waals surface area contributed by atoms with Crippen molar-refractivity contribution in [3.05, 3.63) is 71.8 Å². The summed E-state index contributed by atoms with van der Waals surface area (Å²) >= 11 is 0. The smallest absolute Gasteiger partial charge is 0.306 e. The van der Waals surface area contributed by atoms with Gasteiger partial charge in [-0.3, -0.25) is 9.59 Å². The molecule has 0 saturated heterocycles. The third-order valence-electron chi connectivity index (χ3n) is 4.30. The molecule has 0 aliphatic heterocycles. The SMILES string of the molecule is CC(N)c1ccccc1.CCCC(=O)N[C@H](C)c1ccccc1.CCCC(=O)OC(C)C. The van der Waals surface area contributed by atoms with Crippen LogP contribution >= 0.6 is 0 Å². The van der Waals surface area contributed by atoms with Crippen LogP contribution in [0.4, 0.5) is 0 Å². The number of carbonyl (C=O) groups is 2. The van der Waals surface area contributed by atoms with Gasteiger partial charge in [0.05, 0.1) is 12.1 Å². The van der Waals surface area contributed by atoms with Crippen molar-refractivity contribution in [3.8, 4) is 0 Å². The summed E-state index contributed by atoms with van der Waals surface area (Å²) < 4.78 is 4.85. The van der Waals surface area contributed by atoms with Gasteiger partial charge in [0.15, 0.2) is 0 Å². The molecule has 0 heterocycles. The monoisotopic (exact) mass is 442 g/mol. The molecule has 1 unspecified atom stereocenters. The maximum Gasteiger partial charge on any atom is 0.306 e. The van der Waals surface area contributed by atoms with Crippen LogP contribution in [0.1, 0.15) is 90.4 Å². The minimum absolute atomic E-state index is 0.0315. The molecular formula is C27H42N2O3. The molecule has 5 nitrogen and oxygen atoms in total. The summed E-state index contributed by atoms with van der Waals surface area (Å²) in [6.45, 7) is 11.7. The minimum Gasteiger partial charge on any atom is -0.463 e. The summed E-state index contributed by atoms with van der Waals surface area (Å²) in [6.07, 6.45) is 2.94. The molecule has 178 valence electrons. The molecule has 1 amide bonds. The first-order valence-electron chi connectivity index (χ1n) is 11.5. The Bertz CT molecular complexity index is 731. The Kier molecular flexibility index (Phi) is 16.5. The Morgan fingerprint density at radius 1 is 0.812 bits per heavy atom. The highest BCUT2D eigenvalue weighted by Crippen LogP contribution is 2.11. The minimum atomic E-state index is -0.0903. The molecule has 2 atom stereocenters. The van der Waals surface area contributed by atoms with Crippen molar-refractivity contribution < 1.29 is 14.3 Å². The molecule has 2 aromatic carbocycles. The van der Waals surface area contributed by atoms with Gasteiger partial charge in [0.2, 0.25) is 5.91 Å². The molecule has 0 saturated carbocycles. The van der Waals surface area contributed by atoms with Crippen LogP contribution in [0.5, 0.6) is 0 Å². The van der Waals surface area contributed by atoms with E-state index in [-0.39, 0.29) is 30.1 Å². The number of amides is 1. The van der Waals surface area contributed by atoms with Crippen molar-refractivity contribution in [2.24, 2.45) is 5.73 Å². The maximum absolute atomic E-state index is 11.3. The largest absolute Gasteiger partial charge is 0.463 e. The Balaban J connectivity index is 0.000000470. The van der Waals surface area contributed by atoms with Gasteiger partial charge in [-0.15, -0.1) is 0 Å². The normalized spacial score (nSPS) is 11.8. The topological polar surface area (TPSA) is 81.4 Å². The number of ether oxygens (including phenoxy) is 1. The molecule has 2 rings (SSSR count). The van der Waals surface area contributed by atoms with Crippen molar-refractivity contribution in [1.82, 2.24) is 5.32 Å². The summed E-state index contributed by atoms with van der Waals surface area (Å²) in [7, 11) is 0. The van der Waals surface area contributed by atoms with E-state index in [9.17, 15) is 9.59 Å². The molecule has 0 bridgehead atoms. The van der Waals surface area contributed by atoms with Gasteiger partial charge in [-0.05, 0) is 51.7 Å². The predicted octanol–water partition coefficient (Wildman–Crippen LogP) is 6.11. The van der Waals surface area contributed by atoms with Crippen molar-refractivity contribution in [3.63, 3.8) is 0 Å². The van der Waals surface area contributed by atoms with Gasteiger partial charge in [-0.25, -0.2) is 0 Å². The Hall–Kier alpha value is -2.66. The zero-order chi connectivity index (χ0) is 24.4. The lowest BCUT2D eigenvalue weighted by Gasteiger charge is -2.13. The highest BCUT2D eigenvalue weighted by atomic mass is 16.5. The van der Waals surface area contributed by atoms with E-state index in [0.29, 0.717) is 12.8 Å². The number of hydrogen-bond donors (Lipinski definition) is 2. The third-order valence-corrected chi connectivity index (χ3v) is 4.30. The first kappa shape index (κ1) is 29.3.